The minimum Gasteiger partial charge on any atom is -0.314 e. The monoisotopic (exact) mass is 274 g/mol. The van der Waals surface area contributed by atoms with Gasteiger partial charge >= 0.3 is 0 Å². The zero-order chi connectivity index (χ0) is 14.4. The van der Waals surface area contributed by atoms with Crippen LogP contribution in [0.3, 0.4) is 0 Å². The molecule has 2 heteroatoms. The van der Waals surface area contributed by atoms with Crippen LogP contribution in [-0.4, -0.2) is 18.6 Å². The second-order valence-electron chi connectivity index (χ2n) is 6.58. The quantitative estimate of drug-likeness (QED) is 0.822. The molecule has 0 spiro atoms. The third-order valence-corrected chi connectivity index (χ3v) is 4.34. The summed E-state index contributed by atoms with van der Waals surface area (Å²) in [5.41, 5.74) is 1.41. The standard InChI is InChI=1S/C18H30N2/c1-14(2)18(16-9-5-4-6-10-16)20-15(3)13-17-11-7-8-12-19-17/h4-6,9-10,14-15,17-20H,7-8,11-13H2,1-3H3. The number of hydrogen-bond donors (Lipinski definition) is 2. The van der Waals surface area contributed by atoms with Crippen molar-refractivity contribution in [2.75, 3.05) is 6.54 Å². The molecule has 2 N–H and O–H groups in total. The van der Waals surface area contributed by atoms with Gasteiger partial charge in [0.2, 0.25) is 0 Å². The molecule has 0 radical (unpaired) electrons. The first-order valence-electron chi connectivity index (χ1n) is 8.21. The molecule has 1 aromatic carbocycles. The molecule has 0 bridgehead atoms. The van der Waals surface area contributed by atoms with E-state index in [0.29, 0.717) is 24.0 Å². The Morgan fingerprint density at radius 2 is 1.90 bits per heavy atom. The minimum absolute atomic E-state index is 0.454. The average Bonchev–Trinajstić information content (AvgIpc) is 2.46. The Bertz CT molecular complexity index is 368. The van der Waals surface area contributed by atoms with Gasteiger partial charge in [-0.1, -0.05) is 50.6 Å². The third-order valence-electron chi connectivity index (χ3n) is 4.34. The van der Waals surface area contributed by atoms with Gasteiger partial charge in [-0.2, -0.15) is 0 Å². The summed E-state index contributed by atoms with van der Waals surface area (Å²) in [6.07, 6.45) is 5.30. The predicted octanol–water partition coefficient (Wildman–Crippen LogP) is 3.89. The van der Waals surface area contributed by atoms with Crippen LogP contribution < -0.4 is 10.6 Å². The molecule has 112 valence electrons. The summed E-state index contributed by atoms with van der Waals surface area (Å²) in [5, 5.41) is 7.49. The Morgan fingerprint density at radius 3 is 2.50 bits per heavy atom. The molecule has 0 aliphatic carbocycles. The molecule has 0 amide bonds. The summed E-state index contributed by atoms with van der Waals surface area (Å²) in [4.78, 5) is 0. The van der Waals surface area contributed by atoms with Gasteiger partial charge in [0, 0.05) is 18.1 Å². The normalized spacial score (nSPS) is 22.7. The zero-order valence-electron chi connectivity index (χ0n) is 13.2. The van der Waals surface area contributed by atoms with Crippen LogP contribution in [0.5, 0.6) is 0 Å². The Balaban J connectivity index is 1.90. The van der Waals surface area contributed by atoms with Crippen molar-refractivity contribution in [1.29, 1.82) is 0 Å². The molecule has 3 unspecified atom stereocenters. The van der Waals surface area contributed by atoms with Gasteiger partial charge in [-0.05, 0) is 44.2 Å². The molecular weight excluding hydrogens is 244 g/mol. The van der Waals surface area contributed by atoms with Crippen LogP contribution in [0, 0.1) is 5.92 Å². The van der Waals surface area contributed by atoms with E-state index in [1.807, 2.05) is 0 Å². The lowest BCUT2D eigenvalue weighted by atomic mass is 9.93. The van der Waals surface area contributed by atoms with E-state index in [1.54, 1.807) is 0 Å². The van der Waals surface area contributed by atoms with Crippen molar-refractivity contribution in [3.63, 3.8) is 0 Å². The molecule has 0 aromatic heterocycles. The van der Waals surface area contributed by atoms with Crippen molar-refractivity contribution in [2.45, 2.75) is 64.6 Å². The van der Waals surface area contributed by atoms with E-state index in [1.165, 1.54) is 37.8 Å². The van der Waals surface area contributed by atoms with Crippen LogP contribution in [0.15, 0.2) is 30.3 Å². The summed E-state index contributed by atoms with van der Waals surface area (Å²) >= 11 is 0. The Hall–Kier alpha value is -0.860. The van der Waals surface area contributed by atoms with Gasteiger partial charge in [-0.25, -0.2) is 0 Å². The highest BCUT2D eigenvalue weighted by molar-refractivity contribution is 5.19. The van der Waals surface area contributed by atoms with Gasteiger partial charge < -0.3 is 10.6 Å². The van der Waals surface area contributed by atoms with Crippen molar-refractivity contribution in [2.24, 2.45) is 5.92 Å². The molecule has 3 atom stereocenters. The number of hydrogen-bond acceptors (Lipinski definition) is 2. The summed E-state index contributed by atoms with van der Waals surface area (Å²) in [6, 6.07) is 12.6. The SMILES string of the molecule is CC(CC1CCCCN1)NC(c1ccccc1)C(C)C. The first kappa shape index (κ1) is 15.5. The van der Waals surface area contributed by atoms with Gasteiger partial charge in [0.25, 0.3) is 0 Å². The van der Waals surface area contributed by atoms with Gasteiger partial charge in [0.15, 0.2) is 0 Å². The number of piperidine rings is 1. The van der Waals surface area contributed by atoms with Gasteiger partial charge in [-0.15, -0.1) is 0 Å². The highest BCUT2D eigenvalue weighted by Crippen LogP contribution is 2.23. The topological polar surface area (TPSA) is 24.1 Å². The fraction of sp³-hybridized carbons (Fsp3) is 0.667. The maximum atomic E-state index is 3.84. The van der Waals surface area contributed by atoms with E-state index >= 15 is 0 Å². The molecule has 1 fully saturated rings. The molecule has 1 aromatic rings. The molecule has 1 saturated heterocycles. The van der Waals surface area contributed by atoms with Crippen molar-refractivity contribution in [1.82, 2.24) is 10.6 Å². The maximum absolute atomic E-state index is 3.84. The lowest BCUT2D eigenvalue weighted by Crippen LogP contribution is -2.41. The van der Waals surface area contributed by atoms with Crippen LogP contribution in [0.1, 0.15) is 58.1 Å². The summed E-state index contributed by atoms with van der Waals surface area (Å²) in [6.45, 7) is 8.13. The largest absolute Gasteiger partial charge is 0.314 e. The average molecular weight is 274 g/mol. The van der Waals surface area contributed by atoms with E-state index in [4.69, 9.17) is 0 Å². The van der Waals surface area contributed by atoms with E-state index in [9.17, 15) is 0 Å². The first-order valence-corrected chi connectivity index (χ1v) is 8.21. The molecule has 2 nitrogen and oxygen atoms in total. The summed E-state index contributed by atoms with van der Waals surface area (Å²) < 4.78 is 0. The number of nitrogens with one attached hydrogen (secondary N) is 2. The van der Waals surface area contributed by atoms with Gasteiger partial charge in [0.1, 0.15) is 0 Å². The maximum Gasteiger partial charge on any atom is 0.0345 e. The molecule has 2 rings (SSSR count). The highest BCUT2D eigenvalue weighted by atomic mass is 15.0. The van der Waals surface area contributed by atoms with E-state index in [-0.39, 0.29) is 0 Å². The molecular formula is C18H30N2. The van der Waals surface area contributed by atoms with Crippen molar-refractivity contribution in [3.05, 3.63) is 35.9 Å². The van der Waals surface area contributed by atoms with E-state index < -0.39 is 0 Å². The van der Waals surface area contributed by atoms with Crippen LogP contribution in [0.25, 0.3) is 0 Å². The third kappa shape index (κ3) is 4.60. The predicted molar refractivity (Wildman–Crippen MR) is 86.9 cm³/mol. The lowest BCUT2D eigenvalue weighted by molar-refractivity contribution is 0.306. The van der Waals surface area contributed by atoms with E-state index in [0.717, 1.165) is 0 Å². The van der Waals surface area contributed by atoms with E-state index in [2.05, 4.69) is 61.7 Å². The molecule has 1 heterocycles. The Labute approximate surface area is 124 Å². The molecule has 0 saturated carbocycles. The number of rotatable bonds is 6. The Morgan fingerprint density at radius 1 is 1.15 bits per heavy atom. The van der Waals surface area contributed by atoms with Crippen molar-refractivity contribution >= 4 is 0 Å². The van der Waals surface area contributed by atoms with Gasteiger partial charge in [-0.3, -0.25) is 0 Å². The lowest BCUT2D eigenvalue weighted by Gasteiger charge is -2.31. The smallest absolute Gasteiger partial charge is 0.0345 e. The fourth-order valence-electron chi connectivity index (χ4n) is 3.26. The first-order chi connectivity index (χ1) is 9.66. The van der Waals surface area contributed by atoms with Crippen LogP contribution >= 0.6 is 0 Å². The fourth-order valence-corrected chi connectivity index (χ4v) is 3.26. The van der Waals surface area contributed by atoms with Crippen LogP contribution in [0.2, 0.25) is 0 Å². The number of benzene rings is 1. The molecule has 1 aliphatic rings. The zero-order valence-corrected chi connectivity index (χ0v) is 13.2. The highest BCUT2D eigenvalue weighted by Gasteiger charge is 2.20. The van der Waals surface area contributed by atoms with Crippen LogP contribution in [0.4, 0.5) is 0 Å². The Kier molecular flexibility index (Phi) is 6.06. The minimum atomic E-state index is 0.454. The molecule has 1 aliphatic heterocycles. The second-order valence-corrected chi connectivity index (χ2v) is 6.58. The van der Waals surface area contributed by atoms with Gasteiger partial charge in [0.05, 0.1) is 0 Å². The van der Waals surface area contributed by atoms with Crippen molar-refractivity contribution < 1.29 is 0 Å². The summed E-state index contributed by atoms with van der Waals surface area (Å²) in [5.74, 6) is 0.610. The second kappa shape index (κ2) is 7.80. The summed E-state index contributed by atoms with van der Waals surface area (Å²) in [7, 11) is 0. The van der Waals surface area contributed by atoms with Crippen molar-refractivity contribution in [3.8, 4) is 0 Å². The molecule has 20 heavy (non-hydrogen) atoms. The van der Waals surface area contributed by atoms with Crippen LogP contribution in [-0.2, 0) is 0 Å².